The molecule has 0 fully saturated rings. The van der Waals surface area contributed by atoms with Crippen molar-refractivity contribution in [3.63, 3.8) is 0 Å². The summed E-state index contributed by atoms with van der Waals surface area (Å²) in [7, 11) is -0.374. The van der Waals surface area contributed by atoms with Gasteiger partial charge in [0.25, 0.3) is 0 Å². The van der Waals surface area contributed by atoms with E-state index >= 15 is 0 Å². The minimum Gasteiger partial charge on any atom is -0.496 e. The molecule has 0 amide bonds. The largest absolute Gasteiger partial charge is 0.496 e. The van der Waals surface area contributed by atoms with E-state index in [1.54, 1.807) is 33.2 Å². The normalized spacial score (nSPS) is 12.2. The number of rotatable bonds is 6. The van der Waals surface area contributed by atoms with Crippen LogP contribution in [0.3, 0.4) is 0 Å². The highest BCUT2D eigenvalue weighted by molar-refractivity contribution is 7.89. The molecular weight excluding hydrogens is 324 g/mol. The van der Waals surface area contributed by atoms with Crippen molar-refractivity contribution in [2.75, 3.05) is 27.2 Å². The molecule has 1 aromatic carbocycles. The molecule has 0 spiro atoms. The van der Waals surface area contributed by atoms with Crippen LogP contribution in [0.1, 0.15) is 25.0 Å². The first-order valence-electron chi connectivity index (χ1n) is 6.87. The lowest BCUT2D eigenvalue weighted by Gasteiger charge is -2.29. The molecule has 0 bridgehead atoms. The maximum Gasteiger partial charge on any atom is 0.243 e. The van der Waals surface area contributed by atoms with E-state index in [4.69, 9.17) is 10.5 Å². The second-order valence-corrected chi connectivity index (χ2v) is 8.23. The van der Waals surface area contributed by atoms with E-state index in [0.717, 1.165) is 5.56 Å². The lowest BCUT2D eigenvalue weighted by Crippen LogP contribution is -2.39. The van der Waals surface area contributed by atoms with Crippen LogP contribution in [0.25, 0.3) is 0 Å². The molecule has 0 unspecified atom stereocenters. The summed E-state index contributed by atoms with van der Waals surface area (Å²) < 4.78 is 32.1. The standard InChI is InChI=1S/C15H26N2O3S.ClH/c1-11-8-14(12(2)7-13(11)20-6)21(18,19)17(5)10-15(3,4)9-16;/h7-8H,9-10,16H2,1-6H3;1H. The molecule has 128 valence electrons. The fourth-order valence-corrected chi connectivity index (χ4v) is 3.83. The second-order valence-electron chi connectivity index (χ2n) is 6.22. The predicted molar refractivity (Wildman–Crippen MR) is 92.4 cm³/mol. The zero-order chi connectivity index (χ0) is 16.4. The van der Waals surface area contributed by atoms with Crippen LogP contribution < -0.4 is 10.5 Å². The molecule has 5 nitrogen and oxygen atoms in total. The highest BCUT2D eigenvalue weighted by Crippen LogP contribution is 2.28. The summed E-state index contributed by atoms with van der Waals surface area (Å²) in [4.78, 5) is 0.316. The van der Waals surface area contributed by atoms with Gasteiger partial charge in [0.2, 0.25) is 10.0 Å². The van der Waals surface area contributed by atoms with Crippen molar-refractivity contribution in [3.8, 4) is 5.75 Å². The molecule has 1 rings (SSSR count). The number of hydrogen-bond acceptors (Lipinski definition) is 4. The topological polar surface area (TPSA) is 72.6 Å². The van der Waals surface area contributed by atoms with Crippen LogP contribution in [0.4, 0.5) is 0 Å². The molecule has 0 aliphatic rings. The van der Waals surface area contributed by atoms with Crippen molar-refractivity contribution in [2.24, 2.45) is 11.1 Å². The maximum atomic E-state index is 12.7. The van der Waals surface area contributed by atoms with Gasteiger partial charge in [-0.1, -0.05) is 13.8 Å². The lowest BCUT2D eigenvalue weighted by atomic mass is 9.94. The van der Waals surface area contributed by atoms with Gasteiger partial charge >= 0.3 is 0 Å². The summed E-state index contributed by atoms with van der Waals surface area (Å²) >= 11 is 0. The molecule has 0 saturated carbocycles. The minimum absolute atomic E-state index is 0. The van der Waals surface area contributed by atoms with Crippen LogP contribution in [0, 0.1) is 19.3 Å². The molecule has 0 heterocycles. The van der Waals surface area contributed by atoms with Gasteiger partial charge in [-0.25, -0.2) is 12.7 Å². The van der Waals surface area contributed by atoms with Crippen molar-refractivity contribution in [1.29, 1.82) is 0 Å². The van der Waals surface area contributed by atoms with Crippen LogP contribution in [0.2, 0.25) is 0 Å². The highest BCUT2D eigenvalue weighted by Gasteiger charge is 2.28. The number of benzene rings is 1. The molecule has 0 aromatic heterocycles. The van der Waals surface area contributed by atoms with Gasteiger partial charge in [-0.05, 0) is 49.1 Å². The summed E-state index contributed by atoms with van der Waals surface area (Å²) in [6.45, 7) is 8.30. The minimum atomic E-state index is -3.54. The first kappa shape index (κ1) is 21.2. The van der Waals surface area contributed by atoms with Gasteiger partial charge in [0.1, 0.15) is 5.75 Å². The Bertz CT molecular complexity index is 615. The van der Waals surface area contributed by atoms with E-state index in [9.17, 15) is 8.42 Å². The third-order valence-corrected chi connectivity index (χ3v) is 5.53. The molecule has 1 aromatic rings. The zero-order valence-electron chi connectivity index (χ0n) is 14.1. The molecule has 0 radical (unpaired) electrons. The molecule has 0 atom stereocenters. The summed E-state index contributed by atoms with van der Waals surface area (Å²) in [6.07, 6.45) is 0. The summed E-state index contributed by atoms with van der Waals surface area (Å²) in [5, 5.41) is 0. The van der Waals surface area contributed by atoms with Crippen molar-refractivity contribution < 1.29 is 13.2 Å². The Morgan fingerprint density at radius 1 is 1.23 bits per heavy atom. The van der Waals surface area contributed by atoms with Crippen molar-refractivity contribution >= 4 is 22.4 Å². The van der Waals surface area contributed by atoms with Crippen LogP contribution in [0.5, 0.6) is 5.75 Å². The number of halogens is 1. The average Bonchev–Trinajstić information content (AvgIpc) is 2.40. The van der Waals surface area contributed by atoms with E-state index in [2.05, 4.69) is 0 Å². The van der Waals surface area contributed by atoms with Crippen LogP contribution >= 0.6 is 12.4 Å². The number of sulfonamides is 1. The van der Waals surface area contributed by atoms with Gasteiger partial charge < -0.3 is 10.5 Å². The molecule has 0 saturated heterocycles. The Balaban J connectivity index is 0.00000441. The predicted octanol–water partition coefficient (Wildman–Crippen LogP) is 2.34. The van der Waals surface area contributed by atoms with Gasteiger partial charge in [-0.3, -0.25) is 0 Å². The summed E-state index contributed by atoms with van der Waals surface area (Å²) in [6, 6.07) is 3.42. The first-order chi connectivity index (χ1) is 9.55. The Kier molecular flexibility index (Phi) is 7.35. The first-order valence-corrected chi connectivity index (χ1v) is 8.31. The number of methoxy groups -OCH3 is 1. The molecule has 0 aliphatic heterocycles. The highest BCUT2D eigenvalue weighted by atomic mass is 35.5. The van der Waals surface area contributed by atoms with E-state index in [0.29, 0.717) is 29.3 Å². The van der Waals surface area contributed by atoms with Gasteiger partial charge in [0, 0.05) is 13.6 Å². The quantitative estimate of drug-likeness (QED) is 0.854. The monoisotopic (exact) mass is 350 g/mol. The van der Waals surface area contributed by atoms with Crippen LogP contribution in [-0.4, -0.2) is 40.0 Å². The van der Waals surface area contributed by atoms with Crippen LogP contribution in [-0.2, 0) is 10.0 Å². The molecular formula is C15H27ClN2O3S. The fourth-order valence-electron chi connectivity index (χ4n) is 2.18. The van der Waals surface area contributed by atoms with Gasteiger partial charge in [-0.15, -0.1) is 12.4 Å². The Hall–Kier alpha value is -0.820. The van der Waals surface area contributed by atoms with Crippen molar-refractivity contribution in [3.05, 3.63) is 23.3 Å². The third-order valence-electron chi connectivity index (χ3n) is 3.58. The number of aryl methyl sites for hydroxylation is 2. The zero-order valence-corrected chi connectivity index (χ0v) is 15.8. The molecule has 7 heteroatoms. The van der Waals surface area contributed by atoms with Gasteiger partial charge in [0.05, 0.1) is 12.0 Å². The number of ether oxygens (including phenoxy) is 1. The Labute approximate surface area is 140 Å². The Morgan fingerprint density at radius 3 is 2.23 bits per heavy atom. The van der Waals surface area contributed by atoms with Crippen molar-refractivity contribution in [2.45, 2.75) is 32.6 Å². The number of hydrogen-bond donors (Lipinski definition) is 1. The SMILES string of the molecule is COc1cc(C)c(S(=O)(=O)N(C)CC(C)(C)CN)cc1C.Cl. The molecule has 2 N–H and O–H groups in total. The second kappa shape index (κ2) is 7.64. The molecule has 22 heavy (non-hydrogen) atoms. The fraction of sp³-hybridized carbons (Fsp3) is 0.600. The van der Waals surface area contributed by atoms with Gasteiger partial charge in [0.15, 0.2) is 0 Å². The van der Waals surface area contributed by atoms with Crippen LogP contribution in [0.15, 0.2) is 17.0 Å². The van der Waals surface area contributed by atoms with E-state index in [-0.39, 0.29) is 17.8 Å². The van der Waals surface area contributed by atoms with E-state index in [1.165, 1.54) is 4.31 Å². The van der Waals surface area contributed by atoms with Gasteiger partial charge in [-0.2, -0.15) is 0 Å². The summed E-state index contributed by atoms with van der Waals surface area (Å²) in [5.74, 6) is 0.691. The summed E-state index contributed by atoms with van der Waals surface area (Å²) in [5.41, 5.74) is 6.90. The van der Waals surface area contributed by atoms with E-state index in [1.807, 2.05) is 20.8 Å². The van der Waals surface area contributed by atoms with Crippen molar-refractivity contribution in [1.82, 2.24) is 4.31 Å². The maximum absolute atomic E-state index is 12.7. The lowest BCUT2D eigenvalue weighted by molar-refractivity contribution is 0.292. The number of nitrogens with two attached hydrogens (primary N) is 1. The molecule has 0 aliphatic carbocycles. The Morgan fingerprint density at radius 2 is 1.77 bits per heavy atom. The third kappa shape index (κ3) is 4.59. The smallest absolute Gasteiger partial charge is 0.243 e. The number of nitrogens with zero attached hydrogens (tertiary/aromatic N) is 1. The average molecular weight is 351 g/mol. The van der Waals surface area contributed by atoms with E-state index < -0.39 is 10.0 Å².